The van der Waals surface area contributed by atoms with E-state index in [1.54, 1.807) is 35.3 Å². The maximum absolute atomic E-state index is 10.8. The summed E-state index contributed by atoms with van der Waals surface area (Å²) < 4.78 is 1.65. The van der Waals surface area contributed by atoms with Crippen molar-refractivity contribution in [3.05, 3.63) is 76.1 Å². The first-order chi connectivity index (χ1) is 11.2. The topological polar surface area (TPSA) is 97.6 Å². The molecule has 7 heteroatoms. The van der Waals surface area contributed by atoms with E-state index in [1.807, 2.05) is 12.1 Å². The van der Waals surface area contributed by atoms with Gasteiger partial charge in [-0.25, -0.2) is 9.67 Å². The Morgan fingerprint density at radius 3 is 2.70 bits per heavy atom. The van der Waals surface area contributed by atoms with Crippen molar-refractivity contribution in [3.8, 4) is 17.5 Å². The molecule has 0 spiro atoms. The van der Waals surface area contributed by atoms with Gasteiger partial charge in [0.25, 0.3) is 5.69 Å². The number of nitrogens with zero attached hydrogens (tertiary/aromatic N) is 5. The van der Waals surface area contributed by atoms with Gasteiger partial charge in [-0.1, -0.05) is 24.3 Å². The third-order valence-corrected chi connectivity index (χ3v) is 3.28. The molecule has 23 heavy (non-hydrogen) atoms. The molecule has 112 valence electrons. The van der Waals surface area contributed by atoms with Crippen molar-refractivity contribution in [1.82, 2.24) is 14.8 Å². The van der Waals surface area contributed by atoms with Gasteiger partial charge in [0.1, 0.15) is 6.33 Å². The molecule has 0 N–H and O–H groups in total. The minimum Gasteiger partial charge on any atom is -0.258 e. The molecule has 3 rings (SSSR count). The molecular weight excluding hydrogens is 294 g/mol. The molecule has 3 aromatic rings. The lowest BCUT2D eigenvalue weighted by Gasteiger charge is -2.01. The summed E-state index contributed by atoms with van der Waals surface area (Å²) in [6, 6.07) is 15.5. The molecule has 0 bridgehead atoms. The van der Waals surface area contributed by atoms with Crippen molar-refractivity contribution in [2.24, 2.45) is 0 Å². The van der Waals surface area contributed by atoms with Crippen LogP contribution in [0, 0.1) is 21.4 Å². The van der Waals surface area contributed by atoms with Crippen LogP contribution in [-0.2, 0) is 6.54 Å². The van der Waals surface area contributed by atoms with Crippen LogP contribution in [0.25, 0.3) is 11.4 Å². The molecule has 2 aromatic carbocycles. The van der Waals surface area contributed by atoms with Crippen molar-refractivity contribution in [3.63, 3.8) is 0 Å². The van der Waals surface area contributed by atoms with Gasteiger partial charge in [-0.2, -0.15) is 10.4 Å². The number of rotatable bonds is 4. The van der Waals surface area contributed by atoms with Crippen LogP contribution in [0.4, 0.5) is 5.69 Å². The first kappa shape index (κ1) is 14.4. The third kappa shape index (κ3) is 3.22. The van der Waals surface area contributed by atoms with Crippen molar-refractivity contribution in [2.45, 2.75) is 6.54 Å². The minimum absolute atomic E-state index is 0.00550. The fourth-order valence-corrected chi connectivity index (χ4v) is 2.13. The quantitative estimate of drug-likeness (QED) is 0.545. The van der Waals surface area contributed by atoms with Crippen LogP contribution in [-0.4, -0.2) is 19.7 Å². The summed E-state index contributed by atoms with van der Waals surface area (Å²) in [6.45, 7) is 0.508. The van der Waals surface area contributed by atoms with Crippen LogP contribution in [0.15, 0.2) is 54.9 Å². The largest absolute Gasteiger partial charge is 0.270 e. The van der Waals surface area contributed by atoms with Gasteiger partial charge < -0.3 is 0 Å². The van der Waals surface area contributed by atoms with Gasteiger partial charge in [0.05, 0.1) is 23.1 Å². The van der Waals surface area contributed by atoms with E-state index in [1.165, 1.54) is 12.1 Å². The van der Waals surface area contributed by atoms with E-state index in [0.717, 1.165) is 5.56 Å². The van der Waals surface area contributed by atoms with E-state index in [4.69, 9.17) is 5.26 Å². The molecule has 0 radical (unpaired) electrons. The summed E-state index contributed by atoms with van der Waals surface area (Å²) in [5.41, 5.74) is 2.19. The zero-order valence-corrected chi connectivity index (χ0v) is 12.0. The van der Waals surface area contributed by atoms with Gasteiger partial charge in [-0.05, 0) is 17.7 Å². The summed E-state index contributed by atoms with van der Waals surface area (Å²) in [4.78, 5) is 14.6. The number of hydrogen-bond donors (Lipinski definition) is 0. The van der Waals surface area contributed by atoms with Gasteiger partial charge in [-0.3, -0.25) is 10.1 Å². The summed E-state index contributed by atoms with van der Waals surface area (Å²) in [7, 11) is 0. The Bertz CT molecular complexity index is 893. The van der Waals surface area contributed by atoms with E-state index in [2.05, 4.69) is 16.2 Å². The first-order valence-electron chi connectivity index (χ1n) is 6.79. The van der Waals surface area contributed by atoms with Gasteiger partial charge >= 0.3 is 0 Å². The van der Waals surface area contributed by atoms with Crippen LogP contribution < -0.4 is 0 Å². The second-order valence-electron chi connectivity index (χ2n) is 4.88. The second-order valence-corrected chi connectivity index (χ2v) is 4.88. The average Bonchev–Trinajstić information content (AvgIpc) is 3.04. The highest BCUT2D eigenvalue weighted by atomic mass is 16.6. The Morgan fingerprint density at radius 1 is 1.22 bits per heavy atom. The highest BCUT2D eigenvalue weighted by Gasteiger charge is 2.10. The lowest BCUT2D eigenvalue weighted by Crippen LogP contribution is -2.00. The maximum Gasteiger partial charge on any atom is 0.270 e. The van der Waals surface area contributed by atoms with Crippen LogP contribution in [0.2, 0.25) is 0 Å². The Kier molecular flexibility index (Phi) is 3.80. The number of hydrogen-bond acceptors (Lipinski definition) is 5. The predicted octanol–water partition coefficient (Wildman–Crippen LogP) is 2.77. The number of benzene rings is 2. The highest BCUT2D eigenvalue weighted by Crippen LogP contribution is 2.20. The maximum atomic E-state index is 10.8. The minimum atomic E-state index is -0.447. The van der Waals surface area contributed by atoms with E-state index in [0.29, 0.717) is 23.5 Å². The summed E-state index contributed by atoms with van der Waals surface area (Å²) >= 11 is 0. The molecule has 0 amide bonds. The Balaban J connectivity index is 1.81. The van der Waals surface area contributed by atoms with Crippen LogP contribution in [0.1, 0.15) is 11.1 Å². The Hall–Kier alpha value is -3.53. The fraction of sp³-hybridized carbons (Fsp3) is 0.0625. The molecule has 0 atom stereocenters. The second kappa shape index (κ2) is 6.07. The number of nitriles is 1. The van der Waals surface area contributed by atoms with Crippen LogP contribution in [0.5, 0.6) is 0 Å². The van der Waals surface area contributed by atoms with Gasteiger partial charge in [-0.15, -0.1) is 0 Å². The van der Waals surface area contributed by atoms with E-state index in [9.17, 15) is 10.1 Å². The normalized spacial score (nSPS) is 10.2. The van der Waals surface area contributed by atoms with Crippen molar-refractivity contribution in [1.29, 1.82) is 5.26 Å². The Morgan fingerprint density at radius 2 is 2.00 bits per heavy atom. The number of non-ortho nitro benzene ring substituents is 1. The molecule has 1 aromatic heterocycles. The molecule has 0 fully saturated rings. The molecule has 0 aliphatic heterocycles. The smallest absolute Gasteiger partial charge is 0.258 e. The van der Waals surface area contributed by atoms with E-state index in [-0.39, 0.29) is 5.69 Å². The molecule has 0 saturated heterocycles. The van der Waals surface area contributed by atoms with Crippen LogP contribution in [0.3, 0.4) is 0 Å². The lowest BCUT2D eigenvalue weighted by atomic mass is 10.1. The molecule has 0 saturated carbocycles. The highest BCUT2D eigenvalue weighted by molar-refractivity contribution is 5.58. The molecule has 0 aliphatic carbocycles. The third-order valence-electron chi connectivity index (χ3n) is 3.28. The Labute approximate surface area is 131 Å². The molecular formula is C16H11N5O2. The molecule has 1 heterocycles. The zero-order chi connectivity index (χ0) is 16.2. The molecule has 7 nitrogen and oxygen atoms in total. The van der Waals surface area contributed by atoms with Crippen molar-refractivity contribution >= 4 is 5.69 Å². The number of aromatic nitrogens is 3. The summed E-state index contributed by atoms with van der Waals surface area (Å²) in [5.74, 6) is 0.433. The van der Waals surface area contributed by atoms with Crippen molar-refractivity contribution in [2.75, 3.05) is 0 Å². The van der Waals surface area contributed by atoms with E-state index < -0.39 is 4.92 Å². The van der Waals surface area contributed by atoms with Gasteiger partial charge in [0.2, 0.25) is 0 Å². The number of nitro benzene ring substituents is 1. The van der Waals surface area contributed by atoms with Crippen molar-refractivity contribution < 1.29 is 4.92 Å². The lowest BCUT2D eigenvalue weighted by molar-refractivity contribution is -0.384. The van der Waals surface area contributed by atoms with Gasteiger partial charge in [0.15, 0.2) is 5.82 Å². The first-order valence-corrected chi connectivity index (χ1v) is 6.79. The SMILES string of the molecule is N#Cc1ccc(Cn2cnc(-c3cccc([N+](=O)[O-])c3)n2)cc1. The average molecular weight is 305 g/mol. The molecule has 0 aliphatic rings. The number of nitro groups is 1. The predicted molar refractivity (Wildman–Crippen MR) is 82.4 cm³/mol. The standard InChI is InChI=1S/C16H11N5O2/c17-9-12-4-6-13(7-5-12)10-20-11-18-16(19-20)14-2-1-3-15(8-14)21(22)23/h1-8,11H,10H2. The monoisotopic (exact) mass is 305 g/mol. The molecule has 0 unspecified atom stereocenters. The summed E-state index contributed by atoms with van der Waals surface area (Å²) in [6.07, 6.45) is 1.58. The summed E-state index contributed by atoms with van der Waals surface area (Å²) in [5, 5.41) is 23.9. The fourth-order valence-electron chi connectivity index (χ4n) is 2.13. The zero-order valence-electron chi connectivity index (χ0n) is 12.0. The van der Waals surface area contributed by atoms with Gasteiger partial charge in [0, 0.05) is 17.7 Å². The van der Waals surface area contributed by atoms with E-state index >= 15 is 0 Å². The van der Waals surface area contributed by atoms with Crippen LogP contribution >= 0.6 is 0 Å².